The lowest BCUT2D eigenvalue weighted by Gasteiger charge is -2.04. The number of hydrogen-bond donors (Lipinski definition) is 3. The minimum absolute atomic E-state index is 1.61. The molecule has 0 rings (SSSR count). The molecule has 6 heavy (non-hydrogen) atoms. The summed E-state index contributed by atoms with van der Waals surface area (Å²) in [5.41, 5.74) is 0. The monoisotopic (exact) mass is 174 g/mol. The molecule has 0 aromatic heterocycles. The Morgan fingerprint density at radius 1 is 1.33 bits per heavy atom. The van der Waals surface area contributed by atoms with E-state index in [1.54, 1.807) is 11.2 Å². The van der Waals surface area contributed by atoms with Gasteiger partial charge in [0.1, 0.15) is 0 Å². The quantitative estimate of drug-likeness (QED) is 0.401. The van der Waals surface area contributed by atoms with Crippen LogP contribution in [-0.4, -0.2) is 10.9 Å². The third-order valence-corrected chi connectivity index (χ3v) is 7.39. The summed E-state index contributed by atoms with van der Waals surface area (Å²) in [4.78, 5) is 0. The topological polar surface area (TPSA) is 0 Å². The number of rotatable bonds is 1. The van der Waals surface area contributed by atoms with E-state index in [0.717, 1.165) is 0 Å². The van der Waals surface area contributed by atoms with Crippen LogP contribution < -0.4 is 0 Å². The van der Waals surface area contributed by atoms with Gasteiger partial charge >= 0.3 is 0 Å². The zero-order chi connectivity index (χ0) is 5.21. The summed E-state index contributed by atoms with van der Waals surface area (Å²) in [6, 6.07) is 0. The van der Waals surface area contributed by atoms with Crippen molar-refractivity contribution in [3.63, 3.8) is 0 Å². The van der Waals surface area contributed by atoms with Crippen LogP contribution in [0, 0.1) is 0 Å². The Balaban J connectivity index is 3.17. The molecule has 0 atom stereocenters. The highest BCUT2D eigenvalue weighted by atomic mass is 32.9. The van der Waals surface area contributed by atoms with Gasteiger partial charge in [-0.3, -0.25) is 0 Å². The van der Waals surface area contributed by atoms with E-state index in [1.807, 2.05) is 6.26 Å². The molecule has 0 bridgehead atoms. The van der Waals surface area contributed by atoms with Crippen LogP contribution in [0.4, 0.5) is 0 Å². The van der Waals surface area contributed by atoms with Crippen LogP contribution >= 0.6 is 47.4 Å². The second kappa shape index (κ2) is 2.81. The van der Waals surface area contributed by atoms with E-state index in [0.29, 0.717) is 0 Å². The van der Waals surface area contributed by atoms with Crippen LogP contribution in [0.1, 0.15) is 0 Å². The molecule has 0 N–H and O–H groups in total. The van der Waals surface area contributed by atoms with Gasteiger partial charge in [0, 0.05) is 0 Å². The molecule has 0 radical (unpaired) electrons. The molecule has 0 fully saturated rings. The Morgan fingerprint density at radius 2 is 1.50 bits per heavy atom. The lowest BCUT2D eigenvalue weighted by molar-refractivity contribution is 2.54. The van der Waals surface area contributed by atoms with Crippen molar-refractivity contribution in [3.8, 4) is 0 Å². The van der Waals surface area contributed by atoms with Crippen molar-refractivity contribution in [1.82, 2.24) is 0 Å². The first-order valence-electron chi connectivity index (χ1n) is 1.28. The van der Waals surface area contributed by atoms with Crippen LogP contribution in [0.3, 0.4) is 0 Å². The normalized spacial score (nSPS) is 12.0. The number of hydrogen-bond acceptors (Lipinski definition) is 4. The van der Waals surface area contributed by atoms with Gasteiger partial charge in [-0.1, -0.05) is 0 Å². The Morgan fingerprint density at radius 3 is 1.50 bits per heavy atom. The first kappa shape index (κ1) is 7.62. The number of thiol groups is 3. The molecular formula is CH6S4Si. The molecule has 0 aliphatic carbocycles. The van der Waals surface area contributed by atoms with E-state index in [-0.39, 0.29) is 0 Å². The van der Waals surface area contributed by atoms with E-state index in [9.17, 15) is 0 Å². The smallest absolute Gasteiger partial charge is 0.170 e. The average molecular weight is 174 g/mol. The second-order valence-corrected chi connectivity index (χ2v) is 17.3. The third kappa shape index (κ3) is 5.62. The second-order valence-electron chi connectivity index (χ2n) is 0.778. The van der Waals surface area contributed by atoms with Crippen molar-refractivity contribution < 1.29 is 0 Å². The van der Waals surface area contributed by atoms with Crippen LogP contribution in [0.15, 0.2) is 0 Å². The SMILES string of the molecule is CS[Si](S)(S)S. The summed E-state index contributed by atoms with van der Waals surface area (Å²) in [5.74, 6) is 0. The van der Waals surface area contributed by atoms with E-state index in [2.05, 4.69) is 36.2 Å². The van der Waals surface area contributed by atoms with E-state index >= 15 is 0 Å². The van der Waals surface area contributed by atoms with Crippen LogP contribution in [0.2, 0.25) is 0 Å². The third-order valence-electron chi connectivity index (χ3n) is 0.274. The Labute approximate surface area is 58.3 Å². The van der Waals surface area contributed by atoms with Gasteiger partial charge in [0.15, 0.2) is 0 Å². The molecular weight excluding hydrogens is 168 g/mol. The summed E-state index contributed by atoms with van der Waals surface area (Å²) in [7, 11) is 0. The fourth-order valence-electron chi connectivity index (χ4n) is 0. The highest BCUT2D eigenvalue weighted by Crippen LogP contribution is 2.28. The van der Waals surface area contributed by atoms with E-state index < -0.39 is 4.67 Å². The molecule has 0 saturated carbocycles. The van der Waals surface area contributed by atoms with Crippen molar-refractivity contribution >= 4 is 52.1 Å². The predicted molar refractivity (Wildman–Crippen MR) is 46.2 cm³/mol. The van der Waals surface area contributed by atoms with E-state index in [1.165, 1.54) is 0 Å². The van der Waals surface area contributed by atoms with Crippen LogP contribution in [0.5, 0.6) is 0 Å². The van der Waals surface area contributed by atoms with Crippen molar-refractivity contribution in [1.29, 1.82) is 0 Å². The molecule has 0 heterocycles. The summed E-state index contributed by atoms with van der Waals surface area (Å²) in [6.07, 6.45) is 1.96. The van der Waals surface area contributed by atoms with Crippen molar-refractivity contribution in [2.45, 2.75) is 0 Å². The van der Waals surface area contributed by atoms with Gasteiger partial charge in [-0.25, -0.2) is 0 Å². The first-order valence-corrected chi connectivity index (χ1v) is 9.10. The molecule has 0 aliphatic rings. The molecule has 0 spiro atoms. The van der Waals surface area contributed by atoms with Crippen LogP contribution in [-0.2, 0) is 0 Å². The molecule has 0 unspecified atom stereocenters. The molecule has 0 aromatic carbocycles. The highest BCUT2D eigenvalue weighted by molar-refractivity contribution is 8.91. The molecule has 0 nitrogen and oxygen atoms in total. The molecule has 0 aliphatic heterocycles. The largest absolute Gasteiger partial charge is 0.291 e. The molecule has 0 saturated heterocycles. The van der Waals surface area contributed by atoms with Gasteiger partial charge in [-0.2, -0.15) is 47.4 Å². The Bertz CT molecular complexity index is 37.3. The molecule has 0 aromatic rings. The standard InChI is InChI=1S/CH6S4Si/c1-5-6(2,3)4/h2-4H,1H3. The first-order chi connectivity index (χ1) is 2.56. The fourth-order valence-corrected chi connectivity index (χ4v) is 0. The predicted octanol–water partition coefficient (Wildman–Crippen LogP) is 1.57. The highest BCUT2D eigenvalue weighted by Gasteiger charge is 2.14. The molecule has 5 heteroatoms. The Kier molecular flexibility index (Phi) is 3.57. The van der Waals surface area contributed by atoms with Gasteiger partial charge < -0.3 is 0 Å². The van der Waals surface area contributed by atoms with Gasteiger partial charge in [-0.05, 0) is 6.26 Å². The summed E-state index contributed by atoms with van der Waals surface area (Å²) in [5, 5.41) is 0. The van der Waals surface area contributed by atoms with Crippen molar-refractivity contribution in [2.24, 2.45) is 0 Å². The van der Waals surface area contributed by atoms with E-state index in [4.69, 9.17) is 0 Å². The van der Waals surface area contributed by atoms with Gasteiger partial charge in [0.05, 0.1) is 0 Å². The summed E-state index contributed by atoms with van der Waals surface area (Å²) >= 11 is 13.9. The van der Waals surface area contributed by atoms with Gasteiger partial charge in [-0.15, -0.1) is 0 Å². The fraction of sp³-hybridized carbons (Fsp3) is 1.00. The van der Waals surface area contributed by atoms with Gasteiger partial charge in [0.25, 0.3) is 4.67 Å². The van der Waals surface area contributed by atoms with Crippen molar-refractivity contribution in [2.75, 3.05) is 6.26 Å². The summed E-state index contributed by atoms with van der Waals surface area (Å²) < 4.78 is -1.63. The average Bonchev–Trinajstić information content (AvgIpc) is 1.35. The summed E-state index contributed by atoms with van der Waals surface area (Å²) in [6.45, 7) is 0. The molecule has 38 valence electrons. The maximum atomic E-state index is 4.08. The minimum atomic E-state index is -1.63. The van der Waals surface area contributed by atoms with Gasteiger partial charge in [0.2, 0.25) is 0 Å². The maximum Gasteiger partial charge on any atom is 0.291 e. The van der Waals surface area contributed by atoms with Crippen LogP contribution in [0.25, 0.3) is 0 Å². The minimum Gasteiger partial charge on any atom is -0.170 e. The lowest BCUT2D eigenvalue weighted by Crippen LogP contribution is -1.99. The zero-order valence-corrected chi connectivity index (χ0v) is 7.75. The lowest BCUT2D eigenvalue weighted by atomic mass is 12.0. The molecule has 0 amide bonds. The maximum absolute atomic E-state index is 4.08. The van der Waals surface area contributed by atoms with Crippen molar-refractivity contribution in [3.05, 3.63) is 0 Å². The zero-order valence-electron chi connectivity index (χ0n) is 3.25. The Hall–Kier alpha value is 1.62.